The molecule has 1 fully saturated rings. The Labute approximate surface area is 174 Å². The molecule has 30 heavy (non-hydrogen) atoms. The van der Waals surface area contributed by atoms with Crippen molar-refractivity contribution in [2.24, 2.45) is 0 Å². The number of benzene rings is 2. The monoisotopic (exact) mass is 400 g/mol. The van der Waals surface area contributed by atoms with Crippen LogP contribution in [0.25, 0.3) is 5.76 Å². The van der Waals surface area contributed by atoms with Crippen molar-refractivity contribution >= 4 is 23.1 Å². The van der Waals surface area contributed by atoms with Crippen LogP contribution in [0.15, 0.2) is 78.5 Å². The van der Waals surface area contributed by atoms with Crippen LogP contribution in [0.1, 0.15) is 22.9 Å². The van der Waals surface area contributed by atoms with Crippen molar-refractivity contribution in [3.63, 3.8) is 0 Å². The number of aliphatic hydroxyl groups is 1. The van der Waals surface area contributed by atoms with Gasteiger partial charge in [-0.2, -0.15) is 0 Å². The summed E-state index contributed by atoms with van der Waals surface area (Å²) in [5.74, 6) is -1.06. The van der Waals surface area contributed by atoms with Crippen LogP contribution in [-0.2, 0) is 9.59 Å². The summed E-state index contributed by atoms with van der Waals surface area (Å²) in [5, 5.41) is 11.0. The molecule has 6 nitrogen and oxygen atoms in total. The predicted octanol–water partition coefficient (Wildman–Crippen LogP) is 4.02. The maximum atomic E-state index is 13.0. The molecule has 1 atom stereocenters. The molecule has 0 saturated carbocycles. The molecule has 3 aromatic rings. The molecule has 0 spiro atoms. The summed E-state index contributed by atoms with van der Waals surface area (Å²) >= 11 is 0. The first-order valence-corrected chi connectivity index (χ1v) is 9.44. The van der Waals surface area contributed by atoms with Crippen LogP contribution in [0.3, 0.4) is 0 Å². The first-order chi connectivity index (χ1) is 14.5. The van der Waals surface area contributed by atoms with Gasteiger partial charge >= 0.3 is 0 Å². The SMILES string of the molecule is COc1ccc(N2C(=O)C(=O)C(=C(O)c3ccc(C)cc3)[C@@H]2c2ccccn2)cc1. The summed E-state index contributed by atoms with van der Waals surface area (Å²) in [6, 6.07) is 18.4. The number of methoxy groups -OCH3 is 1. The van der Waals surface area contributed by atoms with E-state index in [0.717, 1.165) is 5.56 Å². The first-order valence-electron chi connectivity index (χ1n) is 9.44. The van der Waals surface area contributed by atoms with Crippen LogP contribution in [0.4, 0.5) is 5.69 Å². The van der Waals surface area contributed by atoms with Gasteiger partial charge in [-0.15, -0.1) is 0 Å². The maximum Gasteiger partial charge on any atom is 0.300 e. The Kier molecular flexibility index (Phi) is 5.06. The van der Waals surface area contributed by atoms with Gasteiger partial charge in [0, 0.05) is 17.4 Å². The number of carbonyl (C=O) groups is 2. The molecule has 2 aromatic carbocycles. The van der Waals surface area contributed by atoms with Crippen LogP contribution in [0, 0.1) is 6.92 Å². The topological polar surface area (TPSA) is 79.7 Å². The van der Waals surface area contributed by atoms with Crippen LogP contribution < -0.4 is 9.64 Å². The van der Waals surface area contributed by atoms with Gasteiger partial charge < -0.3 is 9.84 Å². The Morgan fingerprint density at radius 2 is 1.70 bits per heavy atom. The van der Waals surface area contributed by atoms with Gasteiger partial charge in [-0.3, -0.25) is 19.5 Å². The average molecular weight is 400 g/mol. The standard InChI is InChI=1S/C24H20N2O4/c1-15-6-8-16(9-7-15)22(27)20-21(19-5-3-4-14-25-19)26(24(29)23(20)28)17-10-12-18(30-2)13-11-17/h3-14,21,27H,1-2H3/t21-/m0/s1. The molecule has 1 aromatic heterocycles. The molecule has 150 valence electrons. The summed E-state index contributed by atoms with van der Waals surface area (Å²) in [6.45, 7) is 1.93. The third-order valence-corrected chi connectivity index (χ3v) is 5.09. The molecule has 1 saturated heterocycles. The third kappa shape index (κ3) is 3.33. The van der Waals surface area contributed by atoms with Crippen LogP contribution in [0.2, 0.25) is 0 Å². The molecule has 1 N–H and O–H groups in total. The molecular formula is C24H20N2O4. The smallest absolute Gasteiger partial charge is 0.300 e. The van der Waals surface area contributed by atoms with Crippen molar-refractivity contribution in [1.82, 2.24) is 4.98 Å². The molecule has 4 rings (SSSR count). The Morgan fingerprint density at radius 3 is 2.30 bits per heavy atom. The van der Waals surface area contributed by atoms with E-state index in [1.165, 1.54) is 4.90 Å². The summed E-state index contributed by atoms with van der Waals surface area (Å²) in [7, 11) is 1.55. The Morgan fingerprint density at radius 1 is 1.00 bits per heavy atom. The number of amides is 1. The number of aromatic nitrogens is 1. The molecule has 0 radical (unpaired) electrons. The van der Waals surface area contributed by atoms with E-state index < -0.39 is 17.7 Å². The van der Waals surface area contributed by atoms with Crippen molar-refractivity contribution in [3.8, 4) is 5.75 Å². The van der Waals surface area contributed by atoms with Gasteiger partial charge in [-0.25, -0.2) is 0 Å². The van der Waals surface area contributed by atoms with E-state index in [0.29, 0.717) is 22.7 Å². The Bertz CT molecular complexity index is 1120. The number of hydrogen-bond donors (Lipinski definition) is 1. The van der Waals surface area contributed by atoms with Crippen molar-refractivity contribution in [1.29, 1.82) is 0 Å². The van der Waals surface area contributed by atoms with Gasteiger partial charge in [-0.05, 0) is 43.3 Å². The van der Waals surface area contributed by atoms with Crippen LogP contribution in [0.5, 0.6) is 5.75 Å². The van der Waals surface area contributed by atoms with E-state index in [1.807, 2.05) is 19.1 Å². The lowest BCUT2D eigenvalue weighted by molar-refractivity contribution is -0.132. The molecule has 0 bridgehead atoms. The first kappa shape index (κ1) is 19.4. The summed E-state index contributed by atoms with van der Waals surface area (Å²) < 4.78 is 5.19. The second-order valence-corrected chi connectivity index (χ2v) is 6.99. The highest BCUT2D eigenvalue weighted by Crippen LogP contribution is 2.41. The number of Topliss-reactive ketones (excluding diaryl/α,β-unsaturated/α-hetero) is 1. The minimum absolute atomic E-state index is 0.0124. The molecule has 2 heterocycles. The fraction of sp³-hybridized carbons (Fsp3) is 0.125. The zero-order chi connectivity index (χ0) is 21.3. The van der Waals surface area contributed by atoms with E-state index >= 15 is 0 Å². The number of ether oxygens (including phenoxy) is 1. The molecule has 6 heteroatoms. The van der Waals surface area contributed by atoms with Gasteiger partial charge in [0.1, 0.15) is 17.6 Å². The number of nitrogens with zero attached hydrogens (tertiary/aromatic N) is 2. The highest BCUT2D eigenvalue weighted by Gasteiger charge is 2.47. The summed E-state index contributed by atoms with van der Waals surface area (Å²) in [5.41, 5.74) is 2.50. The lowest BCUT2D eigenvalue weighted by atomic mass is 9.97. The van der Waals surface area contributed by atoms with Crippen LogP contribution >= 0.6 is 0 Å². The lowest BCUT2D eigenvalue weighted by Crippen LogP contribution is -2.29. The van der Waals surface area contributed by atoms with Crippen molar-refractivity contribution in [2.45, 2.75) is 13.0 Å². The van der Waals surface area contributed by atoms with E-state index in [1.54, 1.807) is 67.9 Å². The normalized spacial score (nSPS) is 17.9. The molecule has 1 aliphatic rings. The number of pyridine rings is 1. The second-order valence-electron chi connectivity index (χ2n) is 6.99. The quantitative estimate of drug-likeness (QED) is 0.406. The summed E-state index contributed by atoms with van der Waals surface area (Å²) in [4.78, 5) is 31.8. The fourth-order valence-corrected chi connectivity index (χ4v) is 3.53. The Hall–Kier alpha value is -3.93. The minimum atomic E-state index is -0.846. The zero-order valence-corrected chi connectivity index (χ0v) is 16.6. The number of aliphatic hydroxyl groups excluding tert-OH is 1. The van der Waals surface area contributed by atoms with E-state index in [2.05, 4.69) is 4.98 Å². The molecule has 1 aliphatic heterocycles. The van der Waals surface area contributed by atoms with Gasteiger partial charge in [0.2, 0.25) is 0 Å². The zero-order valence-electron chi connectivity index (χ0n) is 16.6. The fourth-order valence-electron chi connectivity index (χ4n) is 3.53. The van der Waals surface area contributed by atoms with Gasteiger partial charge in [0.05, 0.1) is 18.4 Å². The molecule has 0 unspecified atom stereocenters. The Balaban J connectivity index is 1.90. The van der Waals surface area contributed by atoms with Crippen molar-refractivity contribution < 1.29 is 19.4 Å². The highest BCUT2D eigenvalue weighted by atomic mass is 16.5. The number of anilines is 1. The average Bonchev–Trinajstić information content (AvgIpc) is 3.05. The number of aryl methyl sites for hydroxylation is 1. The predicted molar refractivity (Wildman–Crippen MR) is 113 cm³/mol. The van der Waals surface area contributed by atoms with E-state index in [-0.39, 0.29) is 11.3 Å². The number of ketones is 1. The van der Waals surface area contributed by atoms with Crippen LogP contribution in [-0.4, -0.2) is 28.9 Å². The molecular weight excluding hydrogens is 380 g/mol. The van der Waals surface area contributed by atoms with Gasteiger partial charge in [-0.1, -0.05) is 35.9 Å². The molecule has 0 aliphatic carbocycles. The second kappa shape index (κ2) is 7.83. The van der Waals surface area contributed by atoms with E-state index in [4.69, 9.17) is 4.74 Å². The largest absolute Gasteiger partial charge is 0.507 e. The van der Waals surface area contributed by atoms with Crippen molar-refractivity contribution in [2.75, 3.05) is 12.0 Å². The molecule has 1 amide bonds. The van der Waals surface area contributed by atoms with Gasteiger partial charge in [0.25, 0.3) is 11.7 Å². The number of hydrogen-bond acceptors (Lipinski definition) is 5. The number of carbonyl (C=O) groups excluding carboxylic acids is 2. The maximum absolute atomic E-state index is 13.0. The summed E-state index contributed by atoms with van der Waals surface area (Å²) in [6.07, 6.45) is 1.59. The lowest BCUT2D eigenvalue weighted by Gasteiger charge is -2.24. The van der Waals surface area contributed by atoms with E-state index in [9.17, 15) is 14.7 Å². The highest BCUT2D eigenvalue weighted by molar-refractivity contribution is 6.51. The number of rotatable bonds is 4. The van der Waals surface area contributed by atoms with Gasteiger partial charge in [0.15, 0.2) is 0 Å². The third-order valence-electron chi connectivity index (χ3n) is 5.09. The minimum Gasteiger partial charge on any atom is -0.507 e. The van der Waals surface area contributed by atoms with Crippen molar-refractivity contribution in [3.05, 3.63) is 95.3 Å².